The van der Waals surface area contributed by atoms with Crippen LogP contribution in [-0.4, -0.2) is 37.3 Å². The highest BCUT2D eigenvalue weighted by atomic mass is 19.4. The normalized spacial score (nSPS) is 21.3. The van der Waals surface area contributed by atoms with Crippen LogP contribution >= 0.6 is 0 Å². The van der Waals surface area contributed by atoms with Gasteiger partial charge < -0.3 is 10.6 Å². The Morgan fingerprint density at radius 2 is 1.69 bits per heavy atom. The molecule has 2 fully saturated rings. The number of halogens is 3. The molecular weight excluding hydrogens is 469 g/mol. The van der Waals surface area contributed by atoms with Crippen molar-refractivity contribution in [2.24, 2.45) is 11.8 Å². The molecule has 3 aromatic rings. The van der Waals surface area contributed by atoms with Crippen molar-refractivity contribution in [1.82, 2.24) is 24.8 Å². The van der Waals surface area contributed by atoms with Crippen molar-refractivity contribution in [2.45, 2.75) is 52.8 Å². The number of amides is 1. The van der Waals surface area contributed by atoms with Gasteiger partial charge in [-0.3, -0.25) is 4.79 Å². The maximum absolute atomic E-state index is 14.1. The number of rotatable bonds is 3. The van der Waals surface area contributed by atoms with Gasteiger partial charge in [-0.1, -0.05) is 0 Å². The van der Waals surface area contributed by atoms with E-state index in [2.05, 4.69) is 19.9 Å². The SMILES string of the molecule is Cc1cc(C)nc(-c2ccc(C)nc2C(=O)N2CC3CC3CC2c2c(C(F)(F)F)cnc(N)c2C)n1. The Balaban J connectivity index is 1.64. The van der Waals surface area contributed by atoms with E-state index in [1.54, 1.807) is 24.0 Å². The van der Waals surface area contributed by atoms with Crippen molar-refractivity contribution >= 4 is 11.7 Å². The molecule has 1 saturated heterocycles. The third kappa shape index (κ3) is 4.29. The number of alkyl halides is 3. The number of hydrogen-bond acceptors (Lipinski definition) is 6. The fraction of sp³-hybridized carbons (Fsp3) is 0.423. The number of carbonyl (C=O) groups is 1. The van der Waals surface area contributed by atoms with Crippen molar-refractivity contribution in [3.05, 3.63) is 63.9 Å². The van der Waals surface area contributed by atoms with Gasteiger partial charge in [0.1, 0.15) is 11.5 Å². The predicted molar refractivity (Wildman–Crippen MR) is 128 cm³/mol. The number of piperidine rings is 1. The van der Waals surface area contributed by atoms with Crippen molar-refractivity contribution in [3.8, 4) is 11.4 Å². The smallest absolute Gasteiger partial charge is 0.383 e. The zero-order chi connectivity index (χ0) is 25.9. The third-order valence-electron chi connectivity index (χ3n) is 7.17. The van der Waals surface area contributed by atoms with Crippen LogP contribution in [-0.2, 0) is 6.18 Å². The molecule has 1 aliphatic heterocycles. The van der Waals surface area contributed by atoms with Crippen LogP contribution in [0.3, 0.4) is 0 Å². The number of nitrogen functional groups attached to an aromatic ring is 1. The van der Waals surface area contributed by atoms with Crippen molar-refractivity contribution < 1.29 is 18.0 Å². The fourth-order valence-electron chi connectivity index (χ4n) is 5.29. The van der Waals surface area contributed by atoms with E-state index in [1.807, 2.05) is 19.9 Å². The highest BCUT2D eigenvalue weighted by Gasteiger charge is 2.50. The molecule has 0 spiro atoms. The first-order valence-corrected chi connectivity index (χ1v) is 11.9. The van der Waals surface area contributed by atoms with Crippen LogP contribution in [0.2, 0.25) is 0 Å². The molecule has 3 unspecified atom stereocenters. The second kappa shape index (κ2) is 8.53. The number of likely N-dealkylation sites (tertiary alicyclic amines) is 1. The summed E-state index contributed by atoms with van der Waals surface area (Å²) in [5.74, 6) is 0.504. The Bertz CT molecular complexity index is 1350. The summed E-state index contributed by atoms with van der Waals surface area (Å²) in [6.07, 6.45) is -2.53. The van der Waals surface area contributed by atoms with E-state index < -0.39 is 23.7 Å². The van der Waals surface area contributed by atoms with Gasteiger partial charge in [0, 0.05) is 29.8 Å². The second-order valence-corrected chi connectivity index (χ2v) is 9.88. The highest BCUT2D eigenvalue weighted by molar-refractivity contribution is 5.98. The van der Waals surface area contributed by atoms with E-state index in [1.165, 1.54) is 6.92 Å². The molecule has 3 aromatic heterocycles. The number of aromatic nitrogens is 4. The third-order valence-corrected chi connectivity index (χ3v) is 7.17. The van der Waals surface area contributed by atoms with Crippen LogP contribution in [0, 0.1) is 39.5 Å². The van der Waals surface area contributed by atoms with Gasteiger partial charge in [-0.25, -0.2) is 19.9 Å². The molecule has 3 atom stereocenters. The first-order chi connectivity index (χ1) is 16.9. The lowest BCUT2D eigenvalue weighted by Gasteiger charge is -2.38. The van der Waals surface area contributed by atoms with Crippen LogP contribution in [0.15, 0.2) is 24.4 Å². The summed E-state index contributed by atoms with van der Waals surface area (Å²) < 4.78 is 42.2. The number of carbonyl (C=O) groups excluding carboxylic acids is 1. The largest absolute Gasteiger partial charge is 0.418 e. The monoisotopic (exact) mass is 496 g/mol. The quantitative estimate of drug-likeness (QED) is 0.549. The molecule has 1 saturated carbocycles. The first-order valence-electron chi connectivity index (χ1n) is 11.9. The molecular formula is C26H27F3N6O. The van der Waals surface area contributed by atoms with Gasteiger partial charge in [0.05, 0.1) is 17.2 Å². The molecule has 10 heteroatoms. The summed E-state index contributed by atoms with van der Waals surface area (Å²) in [6, 6.07) is 4.56. The number of fused-ring (bicyclic) bond motifs is 1. The molecule has 5 rings (SSSR count). The number of nitrogens with two attached hydrogens (primary N) is 1. The fourth-order valence-corrected chi connectivity index (χ4v) is 5.29. The van der Waals surface area contributed by atoms with Gasteiger partial charge in [0.2, 0.25) is 0 Å². The number of pyridine rings is 2. The minimum absolute atomic E-state index is 0.0190. The van der Waals surface area contributed by atoms with Crippen LogP contribution in [0.5, 0.6) is 0 Å². The molecule has 1 amide bonds. The zero-order valence-corrected chi connectivity index (χ0v) is 20.5. The highest BCUT2D eigenvalue weighted by Crippen LogP contribution is 2.53. The molecule has 0 radical (unpaired) electrons. The molecule has 0 bridgehead atoms. The van der Waals surface area contributed by atoms with Gasteiger partial charge in [-0.05, 0) is 81.7 Å². The second-order valence-electron chi connectivity index (χ2n) is 9.88. The summed E-state index contributed by atoms with van der Waals surface area (Å²) in [6.45, 7) is 7.34. The van der Waals surface area contributed by atoms with Gasteiger partial charge in [0.25, 0.3) is 5.91 Å². The van der Waals surface area contributed by atoms with Crippen LogP contribution in [0.1, 0.15) is 63.1 Å². The molecule has 7 nitrogen and oxygen atoms in total. The Morgan fingerprint density at radius 3 is 2.36 bits per heavy atom. The molecule has 0 aromatic carbocycles. The van der Waals surface area contributed by atoms with Gasteiger partial charge in [0.15, 0.2) is 5.82 Å². The number of nitrogens with zero attached hydrogens (tertiary/aromatic N) is 5. The average Bonchev–Trinajstić information content (AvgIpc) is 3.56. The Morgan fingerprint density at radius 1 is 1.00 bits per heavy atom. The molecule has 4 heterocycles. The predicted octanol–water partition coefficient (Wildman–Crippen LogP) is 4.99. The molecule has 2 N–H and O–H groups in total. The van der Waals surface area contributed by atoms with Crippen molar-refractivity contribution in [3.63, 3.8) is 0 Å². The van der Waals surface area contributed by atoms with E-state index >= 15 is 0 Å². The number of hydrogen-bond donors (Lipinski definition) is 1. The minimum atomic E-state index is -4.63. The standard InChI is InChI=1S/C26H27F3N6O/c1-12-5-6-18(24-33-13(2)7-14(3)34-24)22(32-12)25(36)35-11-17-8-16(17)9-20(35)21-15(4)23(30)31-10-19(21)26(27,28)29/h5-7,10,16-17,20H,8-9,11H2,1-4H3,(H2,30,31). The van der Waals surface area contributed by atoms with E-state index in [-0.39, 0.29) is 34.5 Å². The minimum Gasteiger partial charge on any atom is -0.383 e. The van der Waals surface area contributed by atoms with Crippen molar-refractivity contribution in [1.29, 1.82) is 0 Å². The number of aryl methyl sites for hydroxylation is 3. The van der Waals surface area contributed by atoms with Crippen LogP contribution in [0.25, 0.3) is 11.4 Å². The summed E-state index contributed by atoms with van der Waals surface area (Å²) in [5, 5.41) is 0. The lowest BCUT2D eigenvalue weighted by Crippen LogP contribution is -2.41. The molecule has 2 aliphatic rings. The maximum atomic E-state index is 14.1. The Hall–Kier alpha value is -3.56. The topological polar surface area (TPSA) is 97.9 Å². The first kappa shape index (κ1) is 24.1. The number of anilines is 1. The molecule has 188 valence electrons. The Labute approximate surface area is 207 Å². The summed E-state index contributed by atoms with van der Waals surface area (Å²) >= 11 is 0. The average molecular weight is 497 g/mol. The summed E-state index contributed by atoms with van der Waals surface area (Å²) in [7, 11) is 0. The van der Waals surface area contributed by atoms with Crippen LogP contribution < -0.4 is 5.73 Å². The van der Waals surface area contributed by atoms with E-state index in [9.17, 15) is 18.0 Å². The maximum Gasteiger partial charge on any atom is 0.418 e. The summed E-state index contributed by atoms with van der Waals surface area (Å²) in [5.41, 5.74) is 8.06. The van der Waals surface area contributed by atoms with E-state index in [0.29, 0.717) is 30.0 Å². The summed E-state index contributed by atoms with van der Waals surface area (Å²) in [4.78, 5) is 32.9. The lowest BCUT2D eigenvalue weighted by molar-refractivity contribution is -0.139. The van der Waals surface area contributed by atoms with E-state index in [4.69, 9.17) is 5.73 Å². The lowest BCUT2D eigenvalue weighted by atomic mass is 9.88. The van der Waals surface area contributed by atoms with Crippen LogP contribution in [0.4, 0.5) is 19.0 Å². The molecule has 1 aliphatic carbocycles. The van der Waals surface area contributed by atoms with Gasteiger partial charge in [-0.2, -0.15) is 13.2 Å². The van der Waals surface area contributed by atoms with Gasteiger partial charge >= 0.3 is 6.18 Å². The van der Waals surface area contributed by atoms with Gasteiger partial charge in [-0.15, -0.1) is 0 Å². The van der Waals surface area contributed by atoms with E-state index in [0.717, 1.165) is 24.0 Å². The zero-order valence-electron chi connectivity index (χ0n) is 20.5. The van der Waals surface area contributed by atoms with Crippen molar-refractivity contribution in [2.75, 3.05) is 12.3 Å². The Kier molecular flexibility index (Phi) is 5.72. The molecule has 36 heavy (non-hydrogen) atoms.